The number of benzene rings is 1. The molecule has 1 aromatic carbocycles. The Morgan fingerprint density at radius 3 is 2.58 bits per heavy atom. The molecule has 1 N–H and O–H groups in total. The van der Waals surface area contributed by atoms with Crippen LogP contribution < -0.4 is 4.74 Å². The van der Waals surface area contributed by atoms with Crippen molar-refractivity contribution in [1.29, 1.82) is 0 Å². The normalized spacial score (nSPS) is 13.1. The number of hydrogen-bond acceptors (Lipinski definition) is 2. The van der Waals surface area contributed by atoms with E-state index in [0.717, 1.165) is 17.7 Å². The van der Waals surface area contributed by atoms with Gasteiger partial charge in [0.15, 0.2) is 0 Å². The molecule has 0 aromatic heterocycles. The van der Waals surface area contributed by atoms with Crippen LogP contribution in [0.1, 0.15) is 38.3 Å². The average Bonchev–Trinajstić information content (AvgIpc) is 2.33. The standard InChI is InChI=1S/C16H24O3/c1-11-6-7-12(2)14(10-11)19-9-8-13(3)16(4,5)15(17)18/h6-7,10,13H,8-9H2,1-5H3,(H,17,18). The van der Waals surface area contributed by atoms with Crippen LogP contribution in [0.4, 0.5) is 0 Å². The fourth-order valence-electron chi connectivity index (χ4n) is 1.78. The van der Waals surface area contributed by atoms with Gasteiger partial charge in [0.2, 0.25) is 0 Å². The largest absolute Gasteiger partial charge is 0.493 e. The van der Waals surface area contributed by atoms with Crippen LogP contribution in [0.5, 0.6) is 5.75 Å². The molecule has 1 rings (SSSR count). The molecule has 0 aliphatic heterocycles. The predicted octanol–water partition coefficient (Wildman–Crippen LogP) is 3.82. The van der Waals surface area contributed by atoms with Crippen LogP contribution in [0.25, 0.3) is 0 Å². The molecule has 0 heterocycles. The van der Waals surface area contributed by atoms with Gasteiger partial charge in [0, 0.05) is 0 Å². The first kappa shape index (κ1) is 15.5. The average molecular weight is 264 g/mol. The molecule has 3 heteroatoms. The van der Waals surface area contributed by atoms with Gasteiger partial charge in [-0.05, 0) is 57.2 Å². The van der Waals surface area contributed by atoms with Crippen LogP contribution >= 0.6 is 0 Å². The zero-order valence-electron chi connectivity index (χ0n) is 12.5. The van der Waals surface area contributed by atoms with Crippen molar-refractivity contribution in [1.82, 2.24) is 0 Å². The number of ether oxygens (including phenoxy) is 1. The van der Waals surface area contributed by atoms with E-state index < -0.39 is 11.4 Å². The minimum absolute atomic E-state index is 0.0649. The van der Waals surface area contributed by atoms with Crippen molar-refractivity contribution in [3.63, 3.8) is 0 Å². The van der Waals surface area contributed by atoms with E-state index in [-0.39, 0.29) is 5.92 Å². The number of carboxylic acids is 1. The summed E-state index contributed by atoms with van der Waals surface area (Å²) < 4.78 is 5.77. The smallest absolute Gasteiger partial charge is 0.309 e. The maximum atomic E-state index is 11.2. The zero-order chi connectivity index (χ0) is 14.6. The quantitative estimate of drug-likeness (QED) is 0.849. The van der Waals surface area contributed by atoms with Gasteiger partial charge in [-0.1, -0.05) is 19.1 Å². The predicted molar refractivity (Wildman–Crippen MR) is 76.6 cm³/mol. The third-order valence-electron chi connectivity index (χ3n) is 3.94. The number of carboxylic acid groups (broad SMARTS) is 1. The van der Waals surface area contributed by atoms with Gasteiger partial charge in [0.05, 0.1) is 12.0 Å². The summed E-state index contributed by atoms with van der Waals surface area (Å²) in [6.45, 7) is 10.1. The van der Waals surface area contributed by atoms with Gasteiger partial charge in [0.1, 0.15) is 5.75 Å². The lowest BCUT2D eigenvalue weighted by Gasteiger charge is -2.27. The molecule has 1 aromatic rings. The van der Waals surface area contributed by atoms with Crippen LogP contribution in [0.3, 0.4) is 0 Å². The molecule has 0 radical (unpaired) electrons. The summed E-state index contributed by atoms with van der Waals surface area (Å²) >= 11 is 0. The zero-order valence-corrected chi connectivity index (χ0v) is 12.5. The van der Waals surface area contributed by atoms with Crippen molar-refractivity contribution in [2.75, 3.05) is 6.61 Å². The minimum atomic E-state index is -0.758. The van der Waals surface area contributed by atoms with E-state index in [1.54, 1.807) is 13.8 Å². The summed E-state index contributed by atoms with van der Waals surface area (Å²) in [5, 5.41) is 9.17. The van der Waals surface area contributed by atoms with Crippen LogP contribution in [0.2, 0.25) is 0 Å². The first-order valence-corrected chi connectivity index (χ1v) is 6.68. The summed E-state index contributed by atoms with van der Waals surface area (Å²) in [7, 11) is 0. The third-order valence-corrected chi connectivity index (χ3v) is 3.94. The first-order valence-electron chi connectivity index (χ1n) is 6.68. The van der Waals surface area contributed by atoms with Crippen LogP contribution in [-0.2, 0) is 4.79 Å². The second kappa shape index (κ2) is 6.09. The summed E-state index contributed by atoms with van der Waals surface area (Å²) in [4.78, 5) is 11.2. The number of aliphatic carboxylic acids is 1. The molecule has 0 saturated heterocycles. The molecule has 0 amide bonds. The first-order chi connectivity index (χ1) is 8.75. The highest BCUT2D eigenvalue weighted by Crippen LogP contribution is 2.29. The Balaban J connectivity index is 2.55. The molecule has 0 saturated carbocycles. The molecule has 0 bridgehead atoms. The highest BCUT2D eigenvalue weighted by molar-refractivity contribution is 5.73. The second-order valence-corrected chi connectivity index (χ2v) is 5.83. The molecule has 3 nitrogen and oxygen atoms in total. The molecule has 1 atom stereocenters. The number of rotatable bonds is 6. The molecule has 1 unspecified atom stereocenters. The Morgan fingerprint density at radius 2 is 2.00 bits per heavy atom. The number of aryl methyl sites for hydroxylation is 2. The Morgan fingerprint density at radius 1 is 1.37 bits per heavy atom. The summed E-state index contributed by atoms with van der Waals surface area (Å²) in [5.74, 6) is 0.196. The van der Waals surface area contributed by atoms with E-state index in [1.807, 2.05) is 32.9 Å². The molecule has 0 aliphatic carbocycles. The van der Waals surface area contributed by atoms with Crippen molar-refractivity contribution < 1.29 is 14.6 Å². The van der Waals surface area contributed by atoms with Crippen molar-refractivity contribution >= 4 is 5.97 Å². The highest BCUT2D eigenvalue weighted by Gasteiger charge is 2.33. The van der Waals surface area contributed by atoms with Crippen molar-refractivity contribution in [2.45, 2.75) is 41.0 Å². The second-order valence-electron chi connectivity index (χ2n) is 5.83. The van der Waals surface area contributed by atoms with Gasteiger partial charge in [0.25, 0.3) is 0 Å². The van der Waals surface area contributed by atoms with Crippen LogP contribution in [-0.4, -0.2) is 17.7 Å². The Kier molecular flexibility index (Phi) is 4.98. The maximum absolute atomic E-state index is 11.2. The fourth-order valence-corrected chi connectivity index (χ4v) is 1.78. The van der Waals surface area contributed by atoms with Gasteiger partial charge in [-0.25, -0.2) is 0 Å². The monoisotopic (exact) mass is 264 g/mol. The fraction of sp³-hybridized carbons (Fsp3) is 0.562. The van der Waals surface area contributed by atoms with Crippen molar-refractivity contribution in [3.8, 4) is 5.75 Å². The number of hydrogen-bond donors (Lipinski definition) is 1. The van der Waals surface area contributed by atoms with Gasteiger partial charge in [-0.2, -0.15) is 0 Å². The van der Waals surface area contributed by atoms with Crippen molar-refractivity contribution in [3.05, 3.63) is 29.3 Å². The van der Waals surface area contributed by atoms with Gasteiger partial charge < -0.3 is 9.84 Å². The molecule has 0 spiro atoms. The summed E-state index contributed by atoms with van der Waals surface area (Å²) in [6.07, 6.45) is 0.729. The van der Waals surface area contributed by atoms with E-state index in [2.05, 4.69) is 6.07 Å². The Hall–Kier alpha value is -1.51. The molecule has 106 valence electrons. The lowest BCUT2D eigenvalue weighted by atomic mass is 9.78. The van der Waals surface area contributed by atoms with Gasteiger partial charge in [-0.3, -0.25) is 4.79 Å². The lowest BCUT2D eigenvalue weighted by molar-refractivity contribution is -0.150. The van der Waals surface area contributed by atoms with E-state index in [0.29, 0.717) is 6.61 Å². The van der Waals surface area contributed by atoms with Gasteiger partial charge >= 0.3 is 5.97 Å². The maximum Gasteiger partial charge on any atom is 0.309 e. The molecule has 0 fully saturated rings. The highest BCUT2D eigenvalue weighted by atomic mass is 16.5. The topological polar surface area (TPSA) is 46.5 Å². The Labute approximate surface area is 115 Å². The summed E-state index contributed by atoms with van der Waals surface area (Å²) in [5.41, 5.74) is 1.56. The van der Waals surface area contributed by atoms with E-state index >= 15 is 0 Å². The van der Waals surface area contributed by atoms with E-state index in [9.17, 15) is 4.79 Å². The lowest BCUT2D eigenvalue weighted by Crippen LogP contribution is -2.32. The van der Waals surface area contributed by atoms with Crippen LogP contribution in [0.15, 0.2) is 18.2 Å². The SMILES string of the molecule is Cc1ccc(C)c(OCCC(C)C(C)(C)C(=O)O)c1. The molecular weight excluding hydrogens is 240 g/mol. The third kappa shape index (κ3) is 3.98. The Bertz CT molecular complexity index is 449. The van der Waals surface area contributed by atoms with Crippen LogP contribution in [0, 0.1) is 25.2 Å². The molecule has 0 aliphatic rings. The molecule has 19 heavy (non-hydrogen) atoms. The van der Waals surface area contributed by atoms with E-state index in [1.165, 1.54) is 5.56 Å². The minimum Gasteiger partial charge on any atom is -0.493 e. The number of carbonyl (C=O) groups is 1. The van der Waals surface area contributed by atoms with E-state index in [4.69, 9.17) is 9.84 Å². The van der Waals surface area contributed by atoms with Crippen molar-refractivity contribution in [2.24, 2.45) is 11.3 Å². The summed E-state index contributed by atoms with van der Waals surface area (Å²) in [6, 6.07) is 6.11. The molecular formula is C16H24O3. The van der Waals surface area contributed by atoms with Gasteiger partial charge in [-0.15, -0.1) is 0 Å².